The molecule has 1 aliphatic carbocycles. The zero-order valence-electron chi connectivity index (χ0n) is 10.3. The standard InChI is InChI=1S/C11H17N5O2/c1-16-10(12)8(6-14-16)11(18)13-5-4-9(17)15-7-2-3-7/h6-7H,2-5,12H2,1H3,(H,13,18)(H,15,17). The first-order valence-corrected chi connectivity index (χ1v) is 5.93. The van der Waals surface area contributed by atoms with Gasteiger partial charge in [-0.25, -0.2) is 0 Å². The van der Waals surface area contributed by atoms with Gasteiger partial charge in [-0.2, -0.15) is 5.10 Å². The van der Waals surface area contributed by atoms with Crippen molar-refractivity contribution >= 4 is 17.6 Å². The molecule has 98 valence electrons. The summed E-state index contributed by atoms with van der Waals surface area (Å²) in [6.07, 6.45) is 3.81. The molecule has 7 heteroatoms. The Kier molecular flexibility index (Phi) is 3.50. The Labute approximate surface area is 105 Å². The second-order valence-corrected chi connectivity index (χ2v) is 4.41. The van der Waals surface area contributed by atoms with E-state index in [1.165, 1.54) is 10.9 Å². The Morgan fingerprint density at radius 2 is 2.28 bits per heavy atom. The van der Waals surface area contributed by atoms with Crippen molar-refractivity contribution in [1.82, 2.24) is 20.4 Å². The lowest BCUT2D eigenvalue weighted by molar-refractivity contribution is -0.121. The zero-order valence-corrected chi connectivity index (χ0v) is 10.3. The van der Waals surface area contributed by atoms with Crippen LogP contribution in [0.2, 0.25) is 0 Å². The lowest BCUT2D eigenvalue weighted by atomic mass is 10.3. The summed E-state index contributed by atoms with van der Waals surface area (Å²) in [5.74, 6) is -0.0216. The van der Waals surface area contributed by atoms with E-state index in [2.05, 4.69) is 15.7 Å². The maximum Gasteiger partial charge on any atom is 0.256 e. The monoisotopic (exact) mass is 251 g/mol. The van der Waals surface area contributed by atoms with Gasteiger partial charge in [-0.1, -0.05) is 0 Å². The number of hydrogen-bond donors (Lipinski definition) is 3. The number of carbonyl (C=O) groups is 2. The molecule has 1 aliphatic rings. The smallest absolute Gasteiger partial charge is 0.256 e. The largest absolute Gasteiger partial charge is 0.383 e. The molecular formula is C11H17N5O2. The summed E-state index contributed by atoms with van der Waals surface area (Å²) in [5.41, 5.74) is 6.00. The minimum atomic E-state index is -0.306. The molecule has 0 saturated heterocycles. The van der Waals surface area contributed by atoms with Crippen molar-refractivity contribution in [3.8, 4) is 0 Å². The number of nitrogens with two attached hydrogens (primary N) is 1. The van der Waals surface area contributed by atoms with Gasteiger partial charge in [0.15, 0.2) is 0 Å². The Morgan fingerprint density at radius 1 is 1.56 bits per heavy atom. The first kappa shape index (κ1) is 12.4. The van der Waals surface area contributed by atoms with Gasteiger partial charge >= 0.3 is 0 Å². The van der Waals surface area contributed by atoms with Crippen LogP contribution >= 0.6 is 0 Å². The normalized spacial score (nSPS) is 14.3. The summed E-state index contributed by atoms with van der Waals surface area (Å²) >= 11 is 0. The molecule has 0 atom stereocenters. The molecule has 7 nitrogen and oxygen atoms in total. The highest BCUT2D eigenvalue weighted by atomic mass is 16.2. The molecule has 4 N–H and O–H groups in total. The number of nitrogens with zero attached hydrogens (tertiary/aromatic N) is 2. The summed E-state index contributed by atoms with van der Waals surface area (Å²) in [7, 11) is 1.66. The Hall–Kier alpha value is -2.05. The van der Waals surface area contributed by atoms with Crippen LogP contribution in [0, 0.1) is 0 Å². The number of aromatic nitrogens is 2. The Bertz CT molecular complexity index is 464. The number of amides is 2. The first-order chi connectivity index (χ1) is 8.58. The van der Waals surface area contributed by atoms with Crippen molar-refractivity contribution in [2.75, 3.05) is 12.3 Å². The maximum atomic E-state index is 11.7. The maximum absolute atomic E-state index is 11.7. The van der Waals surface area contributed by atoms with Gasteiger partial charge in [-0.15, -0.1) is 0 Å². The predicted octanol–water partition coefficient (Wildman–Crippen LogP) is -0.599. The number of hydrogen-bond acceptors (Lipinski definition) is 4. The van der Waals surface area contributed by atoms with E-state index in [0.717, 1.165) is 12.8 Å². The van der Waals surface area contributed by atoms with Crippen LogP contribution in [0.5, 0.6) is 0 Å². The lowest BCUT2D eigenvalue weighted by Gasteiger charge is -2.05. The molecule has 0 spiro atoms. The fourth-order valence-electron chi connectivity index (χ4n) is 1.53. The molecule has 2 amide bonds. The molecule has 0 unspecified atom stereocenters. The minimum absolute atomic E-state index is 0.0306. The quantitative estimate of drug-likeness (QED) is 0.650. The van der Waals surface area contributed by atoms with Crippen LogP contribution < -0.4 is 16.4 Å². The van der Waals surface area contributed by atoms with Crippen LogP contribution in [0.25, 0.3) is 0 Å². The summed E-state index contributed by atoms with van der Waals surface area (Å²) in [5, 5.41) is 9.38. The summed E-state index contributed by atoms with van der Waals surface area (Å²) in [4.78, 5) is 23.1. The van der Waals surface area contributed by atoms with Crippen LogP contribution in [-0.4, -0.2) is 34.2 Å². The minimum Gasteiger partial charge on any atom is -0.383 e. The molecule has 0 aliphatic heterocycles. The third-order valence-corrected chi connectivity index (χ3v) is 2.81. The van der Waals surface area contributed by atoms with Gasteiger partial charge in [0.25, 0.3) is 5.91 Å². The molecule has 1 heterocycles. The molecule has 2 rings (SSSR count). The van der Waals surface area contributed by atoms with Crippen molar-refractivity contribution in [2.45, 2.75) is 25.3 Å². The molecule has 1 aromatic heterocycles. The molecule has 1 saturated carbocycles. The van der Waals surface area contributed by atoms with E-state index < -0.39 is 0 Å². The highest BCUT2D eigenvalue weighted by Crippen LogP contribution is 2.18. The van der Waals surface area contributed by atoms with E-state index in [9.17, 15) is 9.59 Å². The van der Waals surface area contributed by atoms with Gasteiger partial charge in [-0.3, -0.25) is 14.3 Å². The van der Waals surface area contributed by atoms with Crippen molar-refractivity contribution in [1.29, 1.82) is 0 Å². The van der Waals surface area contributed by atoms with Gasteiger partial charge in [0, 0.05) is 26.1 Å². The average Bonchev–Trinajstić information content (AvgIpc) is 3.06. The SMILES string of the molecule is Cn1ncc(C(=O)NCCC(=O)NC2CC2)c1N. The second-order valence-electron chi connectivity index (χ2n) is 4.41. The third-order valence-electron chi connectivity index (χ3n) is 2.81. The van der Waals surface area contributed by atoms with Gasteiger partial charge in [0.2, 0.25) is 5.91 Å². The fraction of sp³-hybridized carbons (Fsp3) is 0.545. The molecule has 1 aromatic rings. The van der Waals surface area contributed by atoms with E-state index in [0.29, 0.717) is 24.0 Å². The average molecular weight is 251 g/mol. The highest BCUT2D eigenvalue weighted by molar-refractivity contribution is 5.98. The molecule has 0 bridgehead atoms. The van der Waals surface area contributed by atoms with Gasteiger partial charge in [0.05, 0.1) is 6.20 Å². The summed E-state index contributed by atoms with van der Waals surface area (Å²) < 4.78 is 1.43. The van der Waals surface area contributed by atoms with Crippen LogP contribution in [-0.2, 0) is 11.8 Å². The van der Waals surface area contributed by atoms with Gasteiger partial charge < -0.3 is 16.4 Å². The van der Waals surface area contributed by atoms with E-state index in [4.69, 9.17) is 5.73 Å². The number of carbonyl (C=O) groups excluding carboxylic acids is 2. The van der Waals surface area contributed by atoms with Crippen molar-refractivity contribution in [3.05, 3.63) is 11.8 Å². The van der Waals surface area contributed by atoms with Crippen molar-refractivity contribution in [2.24, 2.45) is 7.05 Å². The van der Waals surface area contributed by atoms with Crippen LogP contribution in [0.4, 0.5) is 5.82 Å². The number of rotatable bonds is 5. The van der Waals surface area contributed by atoms with Gasteiger partial charge in [-0.05, 0) is 12.8 Å². The molecule has 0 aromatic carbocycles. The third kappa shape index (κ3) is 2.99. The Morgan fingerprint density at radius 3 is 2.83 bits per heavy atom. The lowest BCUT2D eigenvalue weighted by Crippen LogP contribution is -2.31. The number of aryl methyl sites for hydroxylation is 1. The highest BCUT2D eigenvalue weighted by Gasteiger charge is 2.23. The van der Waals surface area contributed by atoms with Crippen molar-refractivity contribution in [3.63, 3.8) is 0 Å². The zero-order chi connectivity index (χ0) is 13.1. The second kappa shape index (κ2) is 5.07. The van der Waals surface area contributed by atoms with E-state index in [1.807, 2.05) is 0 Å². The number of anilines is 1. The molecule has 18 heavy (non-hydrogen) atoms. The number of nitrogens with one attached hydrogen (secondary N) is 2. The van der Waals surface area contributed by atoms with Crippen LogP contribution in [0.3, 0.4) is 0 Å². The summed E-state index contributed by atoms with van der Waals surface area (Å²) in [6.45, 7) is 0.297. The topological polar surface area (TPSA) is 102 Å². The van der Waals surface area contributed by atoms with Gasteiger partial charge in [0.1, 0.15) is 11.4 Å². The van der Waals surface area contributed by atoms with Crippen LogP contribution in [0.1, 0.15) is 29.6 Å². The fourth-order valence-corrected chi connectivity index (χ4v) is 1.53. The van der Waals surface area contributed by atoms with E-state index >= 15 is 0 Å². The van der Waals surface area contributed by atoms with E-state index in [1.54, 1.807) is 7.05 Å². The molecule has 1 fully saturated rings. The predicted molar refractivity (Wildman–Crippen MR) is 65.7 cm³/mol. The van der Waals surface area contributed by atoms with Crippen molar-refractivity contribution < 1.29 is 9.59 Å². The van der Waals surface area contributed by atoms with Crippen LogP contribution in [0.15, 0.2) is 6.20 Å². The van der Waals surface area contributed by atoms with E-state index in [-0.39, 0.29) is 18.2 Å². The number of nitrogen functional groups attached to an aromatic ring is 1. The molecule has 0 radical (unpaired) electrons. The summed E-state index contributed by atoms with van der Waals surface area (Å²) in [6, 6.07) is 0.349. The Balaban J connectivity index is 1.74. The first-order valence-electron chi connectivity index (χ1n) is 5.93. The molecular weight excluding hydrogens is 234 g/mol.